The molecule has 1 aliphatic rings. The Morgan fingerprint density at radius 3 is 2.50 bits per heavy atom. The Kier molecular flexibility index (Phi) is 5.86. The maximum atomic E-state index is 11.5. The van der Waals surface area contributed by atoms with Crippen LogP contribution in [0.4, 0.5) is 0 Å². The van der Waals surface area contributed by atoms with Crippen LogP contribution in [0.2, 0.25) is 0 Å². The maximum Gasteiger partial charge on any atom is 0.141 e. The third-order valence-electron chi connectivity index (χ3n) is 7.01. The van der Waals surface area contributed by atoms with Gasteiger partial charge < -0.3 is 13.8 Å². The molecule has 0 saturated carbocycles. The van der Waals surface area contributed by atoms with Crippen LogP contribution in [0.5, 0.6) is 0 Å². The van der Waals surface area contributed by atoms with Crippen LogP contribution in [-0.4, -0.2) is 33.7 Å². The van der Waals surface area contributed by atoms with Gasteiger partial charge in [-0.15, -0.1) is 0 Å². The molecule has 4 aromatic rings. The zero-order chi connectivity index (χ0) is 23.9. The lowest BCUT2D eigenvalue weighted by Crippen LogP contribution is -2.30. The number of carbonyl (C=O) groups is 1. The van der Waals surface area contributed by atoms with Crippen molar-refractivity contribution < 1.29 is 14.1 Å². The molecular formula is C28H31N3O3. The van der Waals surface area contributed by atoms with Gasteiger partial charge in [0.15, 0.2) is 0 Å². The number of hydrogen-bond acceptors (Lipinski definition) is 5. The largest absolute Gasteiger partial charge is 0.381 e. The summed E-state index contributed by atoms with van der Waals surface area (Å²) in [7, 11) is 0. The van der Waals surface area contributed by atoms with Crippen molar-refractivity contribution in [2.75, 3.05) is 13.2 Å². The van der Waals surface area contributed by atoms with Crippen molar-refractivity contribution >= 4 is 16.8 Å². The number of carbonyl (C=O) groups excluding carboxylic acids is 1. The third kappa shape index (κ3) is 4.30. The second kappa shape index (κ2) is 8.84. The van der Waals surface area contributed by atoms with E-state index in [1.54, 1.807) is 6.92 Å². The lowest BCUT2D eigenvalue weighted by molar-refractivity contribution is -0.116. The van der Waals surface area contributed by atoms with Crippen molar-refractivity contribution in [2.45, 2.75) is 53.5 Å². The highest BCUT2D eigenvalue weighted by Gasteiger charge is 2.29. The quantitative estimate of drug-likeness (QED) is 0.359. The maximum absolute atomic E-state index is 11.5. The van der Waals surface area contributed by atoms with Gasteiger partial charge in [-0.25, -0.2) is 0 Å². The molecule has 0 aliphatic carbocycles. The summed E-state index contributed by atoms with van der Waals surface area (Å²) in [6, 6.07) is 10.5. The molecule has 4 heterocycles. The number of pyridine rings is 1. The summed E-state index contributed by atoms with van der Waals surface area (Å²) in [5.74, 6) is 0.969. The first-order valence-electron chi connectivity index (χ1n) is 11.9. The fourth-order valence-electron chi connectivity index (χ4n) is 5.06. The summed E-state index contributed by atoms with van der Waals surface area (Å²) in [6.45, 7) is 10.4. The summed E-state index contributed by atoms with van der Waals surface area (Å²) < 4.78 is 13.4. The number of rotatable bonds is 6. The van der Waals surface area contributed by atoms with Gasteiger partial charge in [-0.1, -0.05) is 36.3 Å². The first kappa shape index (κ1) is 22.5. The minimum absolute atomic E-state index is 0.169. The minimum Gasteiger partial charge on any atom is -0.381 e. The molecule has 1 aliphatic heterocycles. The van der Waals surface area contributed by atoms with E-state index in [9.17, 15) is 4.79 Å². The van der Waals surface area contributed by atoms with Crippen LogP contribution in [-0.2, 0) is 22.5 Å². The van der Waals surface area contributed by atoms with Crippen LogP contribution < -0.4 is 0 Å². The highest BCUT2D eigenvalue weighted by Crippen LogP contribution is 2.38. The van der Waals surface area contributed by atoms with Crippen molar-refractivity contribution in [3.05, 3.63) is 59.7 Å². The van der Waals surface area contributed by atoms with E-state index < -0.39 is 0 Å². The van der Waals surface area contributed by atoms with Crippen LogP contribution in [0.3, 0.4) is 0 Å². The zero-order valence-electron chi connectivity index (χ0n) is 20.4. The molecule has 176 valence electrons. The molecule has 34 heavy (non-hydrogen) atoms. The molecule has 0 bridgehead atoms. The summed E-state index contributed by atoms with van der Waals surface area (Å²) in [6.07, 6.45) is 6.69. The van der Waals surface area contributed by atoms with Crippen molar-refractivity contribution in [3.63, 3.8) is 0 Å². The molecule has 0 amide bonds. The molecule has 6 heteroatoms. The van der Waals surface area contributed by atoms with Crippen molar-refractivity contribution in [3.8, 4) is 22.3 Å². The molecule has 3 aromatic heterocycles. The Morgan fingerprint density at radius 2 is 1.85 bits per heavy atom. The number of fused-ring (bicyclic) bond motifs is 1. The second-order valence-corrected chi connectivity index (χ2v) is 9.96. The molecular weight excluding hydrogens is 426 g/mol. The van der Waals surface area contributed by atoms with Crippen LogP contribution in [0, 0.1) is 19.3 Å². The number of hydrogen-bond donors (Lipinski definition) is 0. The minimum atomic E-state index is 0.169. The number of aromatic nitrogens is 3. The molecule has 0 unspecified atom stereocenters. The SMILES string of the molecule is CC(=O)Cc1ccc(-c2cn(CC3(C)CCOCC3)c3cc(-c4c(C)noc4C)cnc23)cc1. The standard InChI is InChI=1S/C28H31N3O3/c1-18(32)13-21-5-7-22(8-6-21)24-16-31(17-28(4)9-11-33-12-10-28)25-14-23(15-29-27(24)25)26-19(2)30-34-20(26)3/h5-8,14-16H,9-13,17H2,1-4H3. The first-order chi connectivity index (χ1) is 16.3. The fourth-order valence-corrected chi connectivity index (χ4v) is 5.06. The van der Waals surface area contributed by atoms with Gasteiger partial charge in [-0.3, -0.25) is 9.78 Å². The summed E-state index contributed by atoms with van der Waals surface area (Å²) in [4.78, 5) is 16.4. The number of benzene rings is 1. The summed E-state index contributed by atoms with van der Waals surface area (Å²) >= 11 is 0. The van der Waals surface area contributed by atoms with Crippen molar-refractivity contribution in [2.24, 2.45) is 5.41 Å². The molecule has 1 aromatic carbocycles. The van der Waals surface area contributed by atoms with Gasteiger partial charge in [0.2, 0.25) is 0 Å². The Balaban J connectivity index is 1.62. The van der Waals surface area contributed by atoms with E-state index >= 15 is 0 Å². The molecule has 1 saturated heterocycles. The molecule has 5 rings (SSSR count). The van der Waals surface area contributed by atoms with E-state index in [0.717, 1.165) is 82.9 Å². The molecule has 0 N–H and O–H groups in total. The highest BCUT2D eigenvalue weighted by atomic mass is 16.5. The lowest BCUT2D eigenvalue weighted by atomic mass is 9.82. The van der Waals surface area contributed by atoms with E-state index in [2.05, 4.69) is 41.0 Å². The number of aryl methyl sites for hydroxylation is 2. The predicted molar refractivity (Wildman–Crippen MR) is 133 cm³/mol. The van der Waals surface area contributed by atoms with Gasteiger partial charge in [0.1, 0.15) is 11.5 Å². The number of Topliss-reactive ketones (excluding diaryl/α,β-unsaturated/α-hetero) is 1. The fraction of sp³-hybridized carbons (Fsp3) is 0.393. The highest BCUT2D eigenvalue weighted by molar-refractivity contribution is 5.95. The number of ether oxygens (including phenoxy) is 1. The zero-order valence-corrected chi connectivity index (χ0v) is 20.4. The lowest BCUT2D eigenvalue weighted by Gasteiger charge is -2.34. The average molecular weight is 458 g/mol. The number of nitrogens with zero attached hydrogens (tertiary/aromatic N) is 3. The number of ketones is 1. The van der Waals surface area contributed by atoms with Crippen molar-refractivity contribution in [1.82, 2.24) is 14.7 Å². The van der Waals surface area contributed by atoms with E-state index in [-0.39, 0.29) is 11.2 Å². The predicted octanol–water partition coefficient (Wildman–Crippen LogP) is 5.92. The van der Waals surface area contributed by atoms with E-state index in [1.807, 2.05) is 32.2 Å². The Bertz CT molecular complexity index is 1320. The Hall–Kier alpha value is -3.25. The third-order valence-corrected chi connectivity index (χ3v) is 7.01. The Morgan fingerprint density at radius 1 is 1.12 bits per heavy atom. The molecule has 0 spiro atoms. The van der Waals surface area contributed by atoms with Crippen LogP contribution >= 0.6 is 0 Å². The topological polar surface area (TPSA) is 70.2 Å². The smallest absolute Gasteiger partial charge is 0.141 e. The van der Waals surface area contributed by atoms with E-state index in [0.29, 0.717) is 6.42 Å². The van der Waals surface area contributed by atoms with Gasteiger partial charge in [-0.05, 0) is 56.2 Å². The van der Waals surface area contributed by atoms with Crippen LogP contribution in [0.25, 0.3) is 33.3 Å². The molecule has 0 radical (unpaired) electrons. The monoisotopic (exact) mass is 457 g/mol. The summed E-state index contributed by atoms with van der Waals surface area (Å²) in [5, 5.41) is 4.13. The molecule has 0 atom stereocenters. The van der Waals surface area contributed by atoms with Gasteiger partial charge >= 0.3 is 0 Å². The van der Waals surface area contributed by atoms with Gasteiger partial charge in [0.05, 0.1) is 16.7 Å². The van der Waals surface area contributed by atoms with Crippen LogP contribution in [0.1, 0.15) is 43.7 Å². The molecule has 6 nitrogen and oxygen atoms in total. The average Bonchev–Trinajstić information content (AvgIpc) is 3.33. The van der Waals surface area contributed by atoms with Crippen LogP contribution in [0.15, 0.2) is 47.2 Å². The normalized spacial score (nSPS) is 15.6. The molecule has 1 fully saturated rings. The second-order valence-electron chi connectivity index (χ2n) is 9.96. The van der Waals surface area contributed by atoms with Gasteiger partial charge in [0.25, 0.3) is 0 Å². The van der Waals surface area contributed by atoms with Gasteiger partial charge in [-0.2, -0.15) is 0 Å². The van der Waals surface area contributed by atoms with Gasteiger partial charge in [0, 0.05) is 55.3 Å². The summed E-state index contributed by atoms with van der Waals surface area (Å²) in [5.41, 5.74) is 8.39. The van der Waals surface area contributed by atoms with Crippen molar-refractivity contribution in [1.29, 1.82) is 0 Å². The van der Waals surface area contributed by atoms with E-state index in [4.69, 9.17) is 14.2 Å². The first-order valence-corrected chi connectivity index (χ1v) is 11.9. The Labute approximate surface area is 199 Å². The van der Waals surface area contributed by atoms with E-state index in [1.165, 1.54) is 0 Å².